The summed E-state index contributed by atoms with van der Waals surface area (Å²) in [5.74, 6) is 0.281. The lowest BCUT2D eigenvalue weighted by atomic mass is 9.85. The molecular weight excluding hydrogens is 394 g/mol. The Kier molecular flexibility index (Phi) is 5.86. The third-order valence-electron chi connectivity index (χ3n) is 6.25. The summed E-state index contributed by atoms with van der Waals surface area (Å²) in [6, 6.07) is 33.2. The van der Waals surface area contributed by atoms with Crippen molar-refractivity contribution in [2.75, 3.05) is 18.4 Å². The molecule has 0 saturated carbocycles. The molecule has 1 fully saturated rings. The first kappa shape index (κ1) is 20.3. The minimum absolute atomic E-state index is 0.0341. The number of anilines is 1. The smallest absolute Gasteiger partial charge is 0.319 e. The maximum atomic E-state index is 12.8. The molecule has 5 rings (SSSR count). The van der Waals surface area contributed by atoms with Gasteiger partial charge in [0.15, 0.2) is 0 Å². The van der Waals surface area contributed by atoms with E-state index in [1.54, 1.807) is 0 Å². The molecule has 2 amide bonds. The summed E-state index contributed by atoms with van der Waals surface area (Å²) < 4.78 is 0. The lowest BCUT2D eigenvalue weighted by Gasteiger charge is -2.33. The normalized spacial score (nSPS) is 18.2. The van der Waals surface area contributed by atoms with Crippen molar-refractivity contribution in [1.29, 1.82) is 0 Å². The average Bonchev–Trinajstić information content (AvgIpc) is 2.85. The first-order valence-electron chi connectivity index (χ1n) is 11.2. The molecule has 1 aliphatic heterocycles. The van der Waals surface area contributed by atoms with Gasteiger partial charge in [-0.2, -0.15) is 0 Å². The van der Waals surface area contributed by atoms with E-state index in [0.717, 1.165) is 36.0 Å². The van der Waals surface area contributed by atoms with E-state index in [2.05, 4.69) is 76.6 Å². The van der Waals surface area contributed by atoms with E-state index in [1.807, 2.05) is 36.4 Å². The number of benzene rings is 4. The summed E-state index contributed by atoms with van der Waals surface area (Å²) >= 11 is 0. The van der Waals surface area contributed by atoms with Gasteiger partial charge >= 0.3 is 6.03 Å². The number of carbonyl (C=O) groups is 1. The van der Waals surface area contributed by atoms with Crippen molar-refractivity contribution in [3.05, 3.63) is 103 Å². The minimum atomic E-state index is -0.167. The quantitative estimate of drug-likeness (QED) is 0.392. The second kappa shape index (κ2) is 9.25. The second-order valence-corrected chi connectivity index (χ2v) is 8.35. The van der Waals surface area contributed by atoms with E-state index in [-0.39, 0.29) is 18.0 Å². The standard InChI is InChI=1S/C28H27N3O/c32-28(30-25-15-14-21-8-4-5-9-24(21)18-25)31-27-19-29-17-16-26(27)23-12-10-22(11-13-23)20-6-2-1-3-7-20/h1-15,18,26-27,29H,16-17,19H2,(H2,30,31,32). The molecule has 0 bridgehead atoms. The van der Waals surface area contributed by atoms with Crippen LogP contribution in [0.1, 0.15) is 17.9 Å². The molecule has 0 aliphatic carbocycles. The third-order valence-corrected chi connectivity index (χ3v) is 6.25. The number of hydrogen-bond acceptors (Lipinski definition) is 2. The highest BCUT2D eigenvalue weighted by molar-refractivity contribution is 5.93. The van der Waals surface area contributed by atoms with Crippen LogP contribution in [-0.2, 0) is 0 Å². The summed E-state index contributed by atoms with van der Waals surface area (Å²) in [4.78, 5) is 12.8. The van der Waals surface area contributed by atoms with Gasteiger partial charge in [0.25, 0.3) is 0 Å². The largest absolute Gasteiger partial charge is 0.333 e. The van der Waals surface area contributed by atoms with Crippen molar-refractivity contribution in [2.24, 2.45) is 0 Å². The number of carbonyl (C=O) groups excluding carboxylic acids is 1. The fourth-order valence-corrected chi connectivity index (χ4v) is 4.57. The van der Waals surface area contributed by atoms with Crippen molar-refractivity contribution in [1.82, 2.24) is 10.6 Å². The number of fused-ring (bicyclic) bond motifs is 1. The Bertz CT molecular complexity index is 1200. The SMILES string of the molecule is O=C(Nc1ccc2ccccc2c1)NC1CNCCC1c1ccc(-c2ccccc2)cc1. The number of rotatable bonds is 4. The molecule has 1 saturated heterocycles. The highest BCUT2D eigenvalue weighted by Crippen LogP contribution is 2.28. The van der Waals surface area contributed by atoms with Crippen LogP contribution in [0.15, 0.2) is 97.1 Å². The predicted molar refractivity (Wildman–Crippen MR) is 132 cm³/mol. The zero-order chi connectivity index (χ0) is 21.8. The molecule has 4 heteroatoms. The Labute approximate surface area is 188 Å². The monoisotopic (exact) mass is 421 g/mol. The van der Waals surface area contributed by atoms with Gasteiger partial charge < -0.3 is 16.0 Å². The summed E-state index contributed by atoms with van der Waals surface area (Å²) in [5, 5.41) is 11.9. The van der Waals surface area contributed by atoms with Gasteiger partial charge in [0.1, 0.15) is 0 Å². The second-order valence-electron chi connectivity index (χ2n) is 8.35. The maximum absolute atomic E-state index is 12.8. The molecule has 1 aliphatic rings. The molecular formula is C28H27N3O. The lowest BCUT2D eigenvalue weighted by molar-refractivity contribution is 0.242. The van der Waals surface area contributed by atoms with Gasteiger partial charge in [-0.3, -0.25) is 0 Å². The maximum Gasteiger partial charge on any atom is 0.319 e. The molecule has 4 nitrogen and oxygen atoms in total. The summed E-state index contributed by atoms with van der Waals surface area (Å²) in [6.07, 6.45) is 0.992. The Hall–Kier alpha value is -3.63. The number of urea groups is 1. The van der Waals surface area contributed by atoms with Gasteiger partial charge in [0.2, 0.25) is 0 Å². The minimum Gasteiger partial charge on any atom is -0.333 e. The van der Waals surface area contributed by atoms with Gasteiger partial charge in [-0.1, -0.05) is 84.9 Å². The van der Waals surface area contributed by atoms with E-state index >= 15 is 0 Å². The van der Waals surface area contributed by atoms with Crippen LogP contribution in [0.25, 0.3) is 21.9 Å². The zero-order valence-electron chi connectivity index (χ0n) is 17.9. The van der Waals surface area contributed by atoms with E-state index in [0.29, 0.717) is 0 Å². The Morgan fingerprint density at radius 1 is 0.781 bits per heavy atom. The van der Waals surface area contributed by atoms with Crippen LogP contribution in [-0.4, -0.2) is 25.2 Å². The summed E-state index contributed by atoms with van der Waals surface area (Å²) in [7, 11) is 0. The lowest BCUT2D eigenvalue weighted by Crippen LogP contribution is -2.51. The first-order valence-corrected chi connectivity index (χ1v) is 11.2. The van der Waals surface area contributed by atoms with Gasteiger partial charge in [0, 0.05) is 24.2 Å². The Morgan fingerprint density at radius 3 is 2.31 bits per heavy atom. The molecule has 3 N–H and O–H groups in total. The van der Waals surface area contributed by atoms with Crippen molar-refractivity contribution >= 4 is 22.5 Å². The van der Waals surface area contributed by atoms with Crippen LogP contribution in [0, 0.1) is 0 Å². The highest BCUT2D eigenvalue weighted by atomic mass is 16.2. The van der Waals surface area contributed by atoms with Crippen LogP contribution in [0.4, 0.5) is 10.5 Å². The highest BCUT2D eigenvalue weighted by Gasteiger charge is 2.27. The number of hydrogen-bond donors (Lipinski definition) is 3. The van der Waals surface area contributed by atoms with Crippen molar-refractivity contribution in [3.8, 4) is 11.1 Å². The molecule has 0 spiro atoms. The molecule has 0 aromatic heterocycles. The van der Waals surface area contributed by atoms with Gasteiger partial charge in [0.05, 0.1) is 0 Å². The Balaban J connectivity index is 1.28. The predicted octanol–water partition coefficient (Wildman–Crippen LogP) is 5.77. The van der Waals surface area contributed by atoms with E-state index < -0.39 is 0 Å². The average molecular weight is 422 g/mol. The van der Waals surface area contributed by atoms with E-state index in [1.165, 1.54) is 16.7 Å². The molecule has 4 aromatic carbocycles. The van der Waals surface area contributed by atoms with Crippen LogP contribution < -0.4 is 16.0 Å². The molecule has 2 atom stereocenters. The van der Waals surface area contributed by atoms with E-state index in [9.17, 15) is 4.79 Å². The number of piperidine rings is 1. The molecule has 160 valence electrons. The topological polar surface area (TPSA) is 53.2 Å². The fraction of sp³-hybridized carbons (Fsp3) is 0.179. The van der Waals surface area contributed by atoms with E-state index in [4.69, 9.17) is 0 Å². The van der Waals surface area contributed by atoms with Crippen LogP contribution in [0.5, 0.6) is 0 Å². The zero-order valence-corrected chi connectivity index (χ0v) is 17.9. The molecule has 32 heavy (non-hydrogen) atoms. The van der Waals surface area contributed by atoms with Gasteiger partial charge in [-0.15, -0.1) is 0 Å². The van der Waals surface area contributed by atoms with Crippen LogP contribution in [0.2, 0.25) is 0 Å². The van der Waals surface area contributed by atoms with Crippen molar-refractivity contribution < 1.29 is 4.79 Å². The molecule has 2 unspecified atom stereocenters. The van der Waals surface area contributed by atoms with Crippen molar-refractivity contribution in [3.63, 3.8) is 0 Å². The number of amides is 2. The van der Waals surface area contributed by atoms with Gasteiger partial charge in [-0.05, 0) is 52.6 Å². The summed E-state index contributed by atoms with van der Waals surface area (Å²) in [6.45, 7) is 1.71. The van der Waals surface area contributed by atoms with Crippen molar-refractivity contribution in [2.45, 2.75) is 18.4 Å². The van der Waals surface area contributed by atoms with Crippen LogP contribution in [0.3, 0.4) is 0 Å². The fourth-order valence-electron chi connectivity index (χ4n) is 4.57. The molecule has 0 radical (unpaired) electrons. The van der Waals surface area contributed by atoms with Crippen LogP contribution >= 0.6 is 0 Å². The molecule has 4 aromatic rings. The first-order chi connectivity index (χ1) is 15.8. The summed E-state index contributed by atoms with van der Waals surface area (Å²) in [5.41, 5.74) is 4.49. The van der Waals surface area contributed by atoms with Gasteiger partial charge in [-0.25, -0.2) is 4.79 Å². The number of nitrogens with one attached hydrogen (secondary N) is 3. The Morgan fingerprint density at radius 2 is 1.50 bits per heavy atom. The third kappa shape index (κ3) is 4.51. The molecule has 1 heterocycles.